The summed E-state index contributed by atoms with van der Waals surface area (Å²) in [5.41, 5.74) is -2.55. The molecule has 2 aromatic rings. The molecular formula is C18H17F8N3O2S. The monoisotopic (exact) mass is 491 g/mol. The van der Waals surface area contributed by atoms with E-state index in [4.69, 9.17) is 0 Å². The first kappa shape index (κ1) is 26.1. The van der Waals surface area contributed by atoms with Gasteiger partial charge in [-0.15, -0.1) is 4.72 Å². The lowest BCUT2D eigenvalue weighted by atomic mass is 10.1. The second-order valence-electron chi connectivity index (χ2n) is 7.46. The summed E-state index contributed by atoms with van der Waals surface area (Å²) in [6.45, 7) is 2.80. The predicted octanol–water partition coefficient (Wildman–Crippen LogP) is 4.86. The number of rotatable bonds is 6. The van der Waals surface area contributed by atoms with E-state index in [0.717, 1.165) is 12.3 Å². The molecule has 0 aliphatic carbocycles. The number of nitrogens with one attached hydrogen (secondary N) is 1. The molecular weight excluding hydrogens is 474 g/mol. The maximum atomic E-state index is 14.3. The Kier molecular flexibility index (Phi) is 7.62. The van der Waals surface area contributed by atoms with E-state index in [1.807, 2.05) is 0 Å². The number of ether oxygens (including phenoxy) is 1. The van der Waals surface area contributed by atoms with Gasteiger partial charge in [0, 0.05) is 23.1 Å². The van der Waals surface area contributed by atoms with Crippen molar-refractivity contribution in [2.24, 2.45) is 0 Å². The molecule has 2 heterocycles. The summed E-state index contributed by atoms with van der Waals surface area (Å²) in [7, 11) is 0. The number of hydrogen-bond acceptors (Lipinski definition) is 5. The third kappa shape index (κ3) is 6.90. The Labute approximate surface area is 180 Å². The highest BCUT2D eigenvalue weighted by atomic mass is 32.2. The zero-order valence-electron chi connectivity index (χ0n) is 16.7. The summed E-state index contributed by atoms with van der Waals surface area (Å²) in [6.07, 6.45) is -9.08. The van der Waals surface area contributed by atoms with Gasteiger partial charge in [0.05, 0.1) is 5.69 Å². The van der Waals surface area contributed by atoms with Gasteiger partial charge >= 0.3 is 12.4 Å². The molecule has 0 aliphatic rings. The standard InChI is InChI=1S/C18H17F8N3O2S/c1-16(2,3)32(30)29-13(12-5-4-10(19)14(28-12)18(24,25)26)9-6-11(20)15(27-7-9)31-8-17(21,22)23/h4-7,13,29H,8H2,1-3H3/t13-,32?/m1/s1. The summed E-state index contributed by atoms with van der Waals surface area (Å²) in [6, 6.07) is 0.531. The van der Waals surface area contributed by atoms with Gasteiger partial charge in [0.25, 0.3) is 5.88 Å². The summed E-state index contributed by atoms with van der Waals surface area (Å²) in [5, 5.41) is 0. The van der Waals surface area contributed by atoms with Crippen LogP contribution < -0.4 is 9.46 Å². The zero-order valence-corrected chi connectivity index (χ0v) is 17.6. The van der Waals surface area contributed by atoms with Gasteiger partial charge in [-0.2, -0.15) is 26.3 Å². The highest BCUT2D eigenvalue weighted by Gasteiger charge is 2.38. The van der Waals surface area contributed by atoms with E-state index < -0.39 is 70.0 Å². The van der Waals surface area contributed by atoms with Gasteiger partial charge < -0.3 is 9.29 Å². The fraction of sp³-hybridized carbons (Fsp3) is 0.444. The summed E-state index contributed by atoms with van der Waals surface area (Å²) < 4.78 is 122. The molecule has 1 unspecified atom stereocenters. The van der Waals surface area contributed by atoms with Crippen molar-refractivity contribution in [3.05, 3.63) is 53.0 Å². The van der Waals surface area contributed by atoms with Crippen LogP contribution in [0, 0.1) is 11.6 Å². The molecule has 0 aromatic carbocycles. The van der Waals surface area contributed by atoms with Crippen molar-refractivity contribution in [1.29, 1.82) is 0 Å². The number of alkyl halides is 6. The average Bonchev–Trinajstić information content (AvgIpc) is 2.63. The Morgan fingerprint density at radius 3 is 2.19 bits per heavy atom. The molecule has 5 nitrogen and oxygen atoms in total. The molecule has 178 valence electrons. The molecule has 0 radical (unpaired) electrons. The first-order chi connectivity index (χ1) is 14.5. The van der Waals surface area contributed by atoms with Crippen molar-refractivity contribution in [2.75, 3.05) is 6.61 Å². The van der Waals surface area contributed by atoms with E-state index in [9.17, 15) is 39.7 Å². The topological polar surface area (TPSA) is 70.1 Å². The van der Waals surface area contributed by atoms with Crippen molar-refractivity contribution in [1.82, 2.24) is 14.7 Å². The SMILES string of the molecule is CC(C)(C)[S+]([O-])N[C@H](c1cnc(OCC(F)(F)F)c(F)c1)c1ccc(F)c(C(F)(F)F)n1. The number of nitrogens with zero attached hydrogens (tertiary/aromatic N) is 2. The van der Waals surface area contributed by atoms with Crippen molar-refractivity contribution in [3.63, 3.8) is 0 Å². The first-order valence-electron chi connectivity index (χ1n) is 8.75. The van der Waals surface area contributed by atoms with Crippen LogP contribution in [0.1, 0.15) is 43.8 Å². The number of hydrogen-bond donors (Lipinski definition) is 1. The fourth-order valence-corrected chi connectivity index (χ4v) is 3.08. The van der Waals surface area contributed by atoms with Gasteiger partial charge in [0.1, 0.15) is 10.8 Å². The Morgan fingerprint density at radius 2 is 1.69 bits per heavy atom. The number of aromatic nitrogens is 2. The molecule has 0 spiro atoms. The average molecular weight is 491 g/mol. The van der Waals surface area contributed by atoms with Gasteiger partial charge in [-0.1, -0.05) is 0 Å². The van der Waals surface area contributed by atoms with Crippen LogP contribution >= 0.6 is 0 Å². The highest BCUT2D eigenvalue weighted by molar-refractivity contribution is 7.90. The summed E-state index contributed by atoms with van der Waals surface area (Å²) in [4.78, 5) is 6.67. The Morgan fingerprint density at radius 1 is 1.06 bits per heavy atom. The lowest BCUT2D eigenvalue weighted by molar-refractivity contribution is -0.154. The van der Waals surface area contributed by atoms with Gasteiger partial charge in [0.15, 0.2) is 23.9 Å². The van der Waals surface area contributed by atoms with Crippen LogP contribution in [0.4, 0.5) is 35.1 Å². The Bertz CT molecular complexity index is 947. The van der Waals surface area contributed by atoms with Crippen molar-refractivity contribution >= 4 is 11.4 Å². The van der Waals surface area contributed by atoms with E-state index in [1.165, 1.54) is 0 Å². The van der Waals surface area contributed by atoms with E-state index >= 15 is 0 Å². The normalized spacial score (nSPS) is 14.9. The molecule has 0 amide bonds. The van der Waals surface area contributed by atoms with Crippen LogP contribution in [0.25, 0.3) is 0 Å². The van der Waals surface area contributed by atoms with Crippen LogP contribution in [0.15, 0.2) is 24.4 Å². The van der Waals surface area contributed by atoms with Gasteiger partial charge in [-0.3, -0.25) is 0 Å². The molecule has 1 N–H and O–H groups in total. The quantitative estimate of drug-likeness (QED) is 0.462. The molecule has 0 aliphatic heterocycles. The van der Waals surface area contributed by atoms with E-state index in [0.29, 0.717) is 12.1 Å². The summed E-state index contributed by atoms with van der Waals surface area (Å²) in [5.74, 6) is -4.00. The van der Waals surface area contributed by atoms with Crippen molar-refractivity contribution in [3.8, 4) is 5.88 Å². The highest BCUT2D eigenvalue weighted by Crippen LogP contribution is 2.33. The Hall–Kier alpha value is -2.19. The molecule has 2 rings (SSSR count). The largest absolute Gasteiger partial charge is 0.598 e. The van der Waals surface area contributed by atoms with Crippen LogP contribution in [-0.4, -0.2) is 32.1 Å². The minimum absolute atomic E-state index is 0.230. The van der Waals surface area contributed by atoms with Crippen LogP contribution in [0.2, 0.25) is 0 Å². The minimum Gasteiger partial charge on any atom is -0.598 e. The van der Waals surface area contributed by atoms with Crippen LogP contribution in [0.5, 0.6) is 5.88 Å². The first-order valence-corrected chi connectivity index (χ1v) is 9.90. The summed E-state index contributed by atoms with van der Waals surface area (Å²) >= 11 is -1.92. The van der Waals surface area contributed by atoms with Crippen LogP contribution in [0.3, 0.4) is 0 Å². The molecule has 32 heavy (non-hydrogen) atoms. The lowest BCUT2D eigenvalue weighted by Gasteiger charge is -2.28. The van der Waals surface area contributed by atoms with E-state index in [2.05, 4.69) is 19.4 Å². The van der Waals surface area contributed by atoms with E-state index in [1.54, 1.807) is 20.8 Å². The molecule has 0 saturated heterocycles. The maximum absolute atomic E-state index is 14.3. The zero-order chi connectivity index (χ0) is 24.5. The smallest absolute Gasteiger partial charge is 0.436 e. The third-order valence-electron chi connectivity index (χ3n) is 3.75. The predicted molar refractivity (Wildman–Crippen MR) is 97.8 cm³/mol. The van der Waals surface area contributed by atoms with Gasteiger partial charge in [-0.05, 0) is 39.0 Å². The molecule has 0 fully saturated rings. The fourth-order valence-electron chi connectivity index (χ4n) is 2.25. The maximum Gasteiger partial charge on any atom is 0.436 e. The second-order valence-corrected chi connectivity index (χ2v) is 9.45. The van der Waals surface area contributed by atoms with Crippen molar-refractivity contribution < 1.29 is 44.4 Å². The van der Waals surface area contributed by atoms with Crippen LogP contribution in [-0.2, 0) is 17.5 Å². The number of halogens is 8. The van der Waals surface area contributed by atoms with Gasteiger partial charge in [0.2, 0.25) is 0 Å². The van der Waals surface area contributed by atoms with Crippen molar-refractivity contribution in [2.45, 2.75) is 43.9 Å². The minimum atomic E-state index is -5.15. The molecule has 2 atom stereocenters. The molecule has 14 heteroatoms. The Balaban J connectivity index is 2.50. The molecule has 2 aromatic heterocycles. The second kappa shape index (κ2) is 9.35. The molecule has 0 bridgehead atoms. The third-order valence-corrected chi connectivity index (χ3v) is 5.31. The van der Waals surface area contributed by atoms with Gasteiger partial charge in [-0.25, -0.2) is 18.7 Å². The lowest BCUT2D eigenvalue weighted by Crippen LogP contribution is -2.42. The number of pyridine rings is 2. The molecule has 0 saturated carbocycles. The van der Waals surface area contributed by atoms with E-state index in [-0.39, 0.29) is 5.56 Å².